The van der Waals surface area contributed by atoms with Gasteiger partial charge in [0.2, 0.25) is 10.0 Å². The molecule has 0 aromatic heterocycles. The second-order valence-electron chi connectivity index (χ2n) is 7.76. The van der Waals surface area contributed by atoms with E-state index in [0.29, 0.717) is 30.2 Å². The molecule has 0 atom stereocenters. The van der Waals surface area contributed by atoms with E-state index in [4.69, 9.17) is 14.2 Å². The molecule has 1 heterocycles. The summed E-state index contributed by atoms with van der Waals surface area (Å²) in [5, 5.41) is 2.57. The van der Waals surface area contributed by atoms with Crippen LogP contribution in [-0.4, -0.2) is 64.1 Å². The van der Waals surface area contributed by atoms with Gasteiger partial charge in [-0.1, -0.05) is 18.2 Å². The number of esters is 1. The lowest BCUT2D eigenvalue weighted by molar-refractivity contribution is -0.149. The number of hydrogen-bond donors (Lipinski definition) is 1. The van der Waals surface area contributed by atoms with Crippen molar-refractivity contribution in [1.29, 1.82) is 0 Å². The molecule has 1 fully saturated rings. The summed E-state index contributed by atoms with van der Waals surface area (Å²) >= 11 is 0. The third kappa shape index (κ3) is 6.53. The van der Waals surface area contributed by atoms with Crippen LogP contribution in [0.15, 0.2) is 41.3 Å². The van der Waals surface area contributed by atoms with Gasteiger partial charge in [-0.15, -0.1) is 0 Å². The van der Waals surface area contributed by atoms with Crippen LogP contribution < -0.4 is 10.1 Å². The zero-order chi connectivity index (χ0) is 24.0. The summed E-state index contributed by atoms with van der Waals surface area (Å²) in [6.45, 7) is 5.85. The highest BCUT2D eigenvalue weighted by Crippen LogP contribution is 2.24. The lowest BCUT2D eigenvalue weighted by Gasteiger charge is -2.26. The summed E-state index contributed by atoms with van der Waals surface area (Å²) in [6, 6.07) is 10.3. The molecule has 1 amide bonds. The molecule has 1 aliphatic heterocycles. The molecule has 0 spiro atoms. The Hall–Kier alpha value is -2.95. The van der Waals surface area contributed by atoms with Gasteiger partial charge in [-0.2, -0.15) is 4.31 Å². The molecule has 178 valence electrons. The topological polar surface area (TPSA) is 111 Å². The van der Waals surface area contributed by atoms with Crippen LogP contribution in [0.4, 0.5) is 5.69 Å². The van der Waals surface area contributed by atoms with Gasteiger partial charge < -0.3 is 19.5 Å². The van der Waals surface area contributed by atoms with Crippen molar-refractivity contribution in [1.82, 2.24) is 4.31 Å². The first-order valence-corrected chi connectivity index (χ1v) is 11.9. The van der Waals surface area contributed by atoms with E-state index < -0.39 is 28.5 Å². The monoisotopic (exact) mass is 476 g/mol. The standard InChI is InChI=1S/C23H28N2O7S/c1-16-4-5-17(2)20(12-16)31-15-23(27)32-14-22(26)24-19-7-6-18(3)21(13-19)33(28,29)25-8-10-30-11-9-25/h4-7,12-13H,8-11,14-15H2,1-3H3,(H,24,26). The number of hydrogen-bond acceptors (Lipinski definition) is 7. The summed E-state index contributed by atoms with van der Waals surface area (Å²) in [5.41, 5.74) is 2.74. The van der Waals surface area contributed by atoms with Crippen molar-refractivity contribution in [3.05, 3.63) is 53.1 Å². The van der Waals surface area contributed by atoms with E-state index in [1.807, 2.05) is 32.0 Å². The number of anilines is 1. The van der Waals surface area contributed by atoms with Crippen LogP contribution in [0.5, 0.6) is 5.75 Å². The van der Waals surface area contributed by atoms with Gasteiger partial charge in [-0.05, 0) is 55.7 Å². The van der Waals surface area contributed by atoms with Gasteiger partial charge in [-0.25, -0.2) is 13.2 Å². The second-order valence-corrected chi connectivity index (χ2v) is 9.67. The van der Waals surface area contributed by atoms with Crippen molar-refractivity contribution in [3.63, 3.8) is 0 Å². The van der Waals surface area contributed by atoms with Crippen LogP contribution in [0.2, 0.25) is 0 Å². The first-order chi connectivity index (χ1) is 15.7. The van der Waals surface area contributed by atoms with Crippen LogP contribution in [0.25, 0.3) is 0 Å². The number of amides is 1. The maximum Gasteiger partial charge on any atom is 0.344 e. The van der Waals surface area contributed by atoms with Gasteiger partial charge in [-0.3, -0.25) is 4.79 Å². The first-order valence-electron chi connectivity index (χ1n) is 10.5. The van der Waals surface area contributed by atoms with E-state index >= 15 is 0 Å². The minimum atomic E-state index is -3.72. The molecular formula is C23H28N2O7S. The van der Waals surface area contributed by atoms with E-state index in [9.17, 15) is 18.0 Å². The minimum Gasteiger partial charge on any atom is -0.482 e. The lowest BCUT2D eigenvalue weighted by atomic mass is 10.1. The largest absolute Gasteiger partial charge is 0.482 e. The molecule has 1 N–H and O–H groups in total. The molecule has 0 radical (unpaired) electrons. The number of rotatable bonds is 8. The fourth-order valence-corrected chi connectivity index (χ4v) is 4.92. The molecule has 10 heteroatoms. The van der Waals surface area contributed by atoms with E-state index in [-0.39, 0.29) is 24.6 Å². The van der Waals surface area contributed by atoms with Crippen molar-refractivity contribution in [2.75, 3.05) is 44.8 Å². The number of carbonyl (C=O) groups is 2. The van der Waals surface area contributed by atoms with E-state index in [0.717, 1.165) is 11.1 Å². The Morgan fingerprint density at radius 3 is 2.42 bits per heavy atom. The zero-order valence-corrected chi connectivity index (χ0v) is 19.7. The molecule has 0 saturated carbocycles. The third-order valence-corrected chi connectivity index (χ3v) is 7.15. The van der Waals surface area contributed by atoms with Gasteiger partial charge >= 0.3 is 5.97 Å². The number of sulfonamides is 1. The molecule has 33 heavy (non-hydrogen) atoms. The van der Waals surface area contributed by atoms with E-state index in [1.54, 1.807) is 19.1 Å². The summed E-state index contributed by atoms with van der Waals surface area (Å²) < 4.78 is 43.0. The smallest absolute Gasteiger partial charge is 0.344 e. The number of morpholine rings is 1. The van der Waals surface area contributed by atoms with Gasteiger partial charge in [0.1, 0.15) is 5.75 Å². The molecule has 0 bridgehead atoms. The third-order valence-electron chi connectivity index (χ3n) is 5.11. The number of ether oxygens (including phenoxy) is 3. The highest BCUT2D eigenvalue weighted by Gasteiger charge is 2.28. The van der Waals surface area contributed by atoms with Crippen LogP contribution in [-0.2, 0) is 29.1 Å². The number of nitrogens with zero attached hydrogens (tertiary/aromatic N) is 1. The Kier molecular flexibility index (Phi) is 8.06. The predicted molar refractivity (Wildman–Crippen MR) is 122 cm³/mol. The van der Waals surface area contributed by atoms with Crippen molar-refractivity contribution < 1.29 is 32.2 Å². The first kappa shape index (κ1) is 24.7. The summed E-state index contributed by atoms with van der Waals surface area (Å²) in [5.74, 6) is -0.704. The quantitative estimate of drug-likeness (QED) is 0.582. The second kappa shape index (κ2) is 10.8. The van der Waals surface area contributed by atoms with Crippen molar-refractivity contribution >= 4 is 27.6 Å². The van der Waals surface area contributed by atoms with Crippen LogP contribution in [0.3, 0.4) is 0 Å². The molecule has 3 rings (SSSR count). The van der Waals surface area contributed by atoms with Crippen LogP contribution in [0.1, 0.15) is 16.7 Å². The molecular weight excluding hydrogens is 448 g/mol. The van der Waals surface area contributed by atoms with Crippen LogP contribution in [0, 0.1) is 20.8 Å². The molecule has 1 saturated heterocycles. The highest BCUT2D eigenvalue weighted by atomic mass is 32.2. The van der Waals surface area contributed by atoms with Crippen molar-refractivity contribution in [3.8, 4) is 5.75 Å². The van der Waals surface area contributed by atoms with Crippen molar-refractivity contribution in [2.45, 2.75) is 25.7 Å². The highest BCUT2D eigenvalue weighted by molar-refractivity contribution is 7.89. The van der Waals surface area contributed by atoms with Crippen LogP contribution >= 0.6 is 0 Å². The zero-order valence-electron chi connectivity index (χ0n) is 18.9. The van der Waals surface area contributed by atoms with E-state index in [2.05, 4.69) is 5.32 Å². The summed E-state index contributed by atoms with van der Waals surface area (Å²) in [7, 11) is -3.72. The Bertz CT molecular complexity index is 1130. The minimum absolute atomic E-state index is 0.112. The van der Waals surface area contributed by atoms with Crippen molar-refractivity contribution in [2.24, 2.45) is 0 Å². The maximum atomic E-state index is 13.0. The number of nitrogens with one attached hydrogen (secondary N) is 1. The number of benzene rings is 2. The maximum absolute atomic E-state index is 13.0. The predicted octanol–water partition coefficient (Wildman–Crippen LogP) is 2.19. The van der Waals surface area contributed by atoms with Gasteiger partial charge in [0.05, 0.1) is 18.1 Å². The summed E-state index contributed by atoms with van der Waals surface area (Å²) in [6.07, 6.45) is 0. The normalized spacial score (nSPS) is 14.5. The SMILES string of the molecule is Cc1ccc(C)c(OCC(=O)OCC(=O)Nc2ccc(C)c(S(=O)(=O)N3CCOCC3)c2)c1. The average Bonchev–Trinajstić information content (AvgIpc) is 2.80. The Morgan fingerprint density at radius 2 is 1.70 bits per heavy atom. The molecule has 2 aromatic carbocycles. The Labute approximate surface area is 193 Å². The number of aryl methyl sites for hydroxylation is 3. The van der Waals surface area contributed by atoms with Gasteiger partial charge in [0.15, 0.2) is 13.2 Å². The fourth-order valence-electron chi connectivity index (χ4n) is 3.27. The van der Waals surface area contributed by atoms with E-state index in [1.165, 1.54) is 10.4 Å². The molecule has 0 aliphatic carbocycles. The molecule has 1 aliphatic rings. The van der Waals surface area contributed by atoms with Gasteiger partial charge in [0, 0.05) is 18.8 Å². The fraction of sp³-hybridized carbons (Fsp3) is 0.391. The van der Waals surface area contributed by atoms with Gasteiger partial charge in [0.25, 0.3) is 5.91 Å². The molecule has 2 aromatic rings. The number of carbonyl (C=O) groups excluding carboxylic acids is 2. The summed E-state index contributed by atoms with van der Waals surface area (Å²) in [4.78, 5) is 24.3. The average molecular weight is 477 g/mol. The molecule has 9 nitrogen and oxygen atoms in total. The Balaban J connectivity index is 1.55. The molecule has 0 unspecified atom stereocenters. The lowest BCUT2D eigenvalue weighted by Crippen LogP contribution is -2.40. The Morgan fingerprint density at radius 1 is 1.00 bits per heavy atom.